The Kier molecular flexibility index (Phi) is 5.82. The molecule has 0 unspecified atom stereocenters. The lowest BCUT2D eigenvalue weighted by Gasteiger charge is -2.21. The minimum atomic E-state index is -1.14. The fourth-order valence-electron chi connectivity index (χ4n) is 3.98. The van der Waals surface area contributed by atoms with Gasteiger partial charge in [-0.05, 0) is 68.4 Å². The Labute approximate surface area is 186 Å². The molecule has 2 aliphatic rings. The number of anilines is 1. The molecular weight excluding hydrogens is 409 g/mol. The Balaban J connectivity index is 1.58. The van der Waals surface area contributed by atoms with Gasteiger partial charge in [-0.15, -0.1) is 0 Å². The number of hydrogen-bond acceptors (Lipinski definition) is 4. The van der Waals surface area contributed by atoms with Crippen LogP contribution in [0.15, 0.2) is 47.6 Å². The number of aromatic carboxylic acids is 1. The number of amides is 1. The first-order chi connectivity index (χ1) is 15.3. The first-order valence-electron chi connectivity index (χ1n) is 10.7. The molecular formula is C25H26FN3O3. The topological polar surface area (TPSA) is 105 Å². The molecule has 0 radical (unpaired) electrons. The van der Waals surface area contributed by atoms with Gasteiger partial charge in [-0.3, -0.25) is 9.79 Å². The van der Waals surface area contributed by atoms with Crippen LogP contribution in [0.2, 0.25) is 0 Å². The summed E-state index contributed by atoms with van der Waals surface area (Å²) >= 11 is 0. The molecule has 0 spiro atoms. The molecule has 2 fully saturated rings. The minimum absolute atomic E-state index is 0.00548. The van der Waals surface area contributed by atoms with Crippen molar-refractivity contribution in [3.8, 4) is 0 Å². The zero-order chi connectivity index (χ0) is 22.9. The summed E-state index contributed by atoms with van der Waals surface area (Å²) in [6.07, 6.45) is 7.22. The van der Waals surface area contributed by atoms with Crippen molar-refractivity contribution in [3.63, 3.8) is 0 Å². The number of aryl methyl sites for hydroxylation is 1. The van der Waals surface area contributed by atoms with Crippen LogP contribution in [0.25, 0.3) is 5.57 Å². The summed E-state index contributed by atoms with van der Waals surface area (Å²) in [4.78, 5) is 29.4. The van der Waals surface area contributed by atoms with E-state index in [1.54, 1.807) is 37.4 Å². The molecule has 4 N–H and O–H groups in total. The number of carbonyl (C=O) groups excluding carboxylic acids is 1. The Hall–Kier alpha value is -3.48. The van der Waals surface area contributed by atoms with Crippen LogP contribution >= 0.6 is 0 Å². The second kappa shape index (κ2) is 8.57. The van der Waals surface area contributed by atoms with Gasteiger partial charge in [-0.25, -0.2) is 9.18 Å². The number of nitrogens with two attached hydrogens (primary N) is 1. The van der Waals surface area contributed by atoms with Crippen LogP contribution in [0.3, 0.4) is 0 Å². The number of allylic oxidation sites excluding steroid dienone is 1. The monoisotopic (exact) mass is 435 g/mol. The third-order valence-corrected chi connectivity index (χ3v) is 6.32. The van der Waals surface area contributed by atoms with Gasteiger partial charge in [0.05, 0.1) is 11.0 Å². The zero-order valence-electron chi connectivity index (χ0n) is 17.9. The van der Waals surface area contributed by atoms with Crippen LogP contribution in [0, 0.1) is 12.7 Å². The Bertz CT molecular complexity index is 1130. The molecule has 4 rings (SSSR count). The summed E-state index contributed by atoms with van der Waals surface area (Å²) in [5.41, 5.74) is 7.25. The molecule has 0 bridgehead atoms. The number of hydrogen-bond donors (Lipinski definition) is 3. The second-order valence-corrected chi connectivity index (χ2v) is 8.57. The molecule has 0 heterocycles. The molecule has 0 atom stereocenters. The van der Waals surface area contributed by atoms with E-state index in [4.69, 9.17) is 5.73 Å². The molecule has 0 aliphatic heterocycles. The van der Waals surface area contributed by atoms with Crippen LogP contribution in [0.1, 0.15) is 59.2 Å². The summed E-state index contributed by atoms with van der Waals surface area (Å²) in [6.45, 7) is 1.79. The minimum Gasteiger partial charge on any atom is -0.478 e. The zero-order valence-corrected chi connectivity index (χ0v) is 17.9. The van der Waals surface area contributed by atoms with E-state index in [-0.39, 0.29) is 17.5 Å². The lowest BCUT2D eigenvalue weighted by Crippen LogP contribution is -2.29. The van der Waals surface area contributed by atoms with Gasteiger partial charge in [-0.1, -0.05) is 18.2 Å². The van der Waals surface area contributed by atoms with Crippen LogP contribution < -0.4 is 11.1 Å². The van der Waals surface area contributed by atoms with E-state index in [1.165, 1.54) is 18.3 Å². The Morgan fingerprint density at radius 3 is 2.50 bits per heavy atom. The van der Waals surface area contributed by atoms with E-state index in [0.717, 1.165) is 24.8 Å². The highest BCUT2D eigenvalue weighted by atomic mass is 19.1. The third-order valence-electron chi connectivity index (χ3n) is 6.32. The number of nitrogens with zero attached hydrogens (tertiary/aromatic N) is 1. The van der Waals surface area contributed by atoms with Gasteiger partial charge in [0.15, 0.2) is 0 Å². The van der Waals surface area contributed by atoms with Crippen LogP contribution in [-0.2, 0) is 10.2 Å². The molecule has 2 aromatic carbocycles. The van der Waals surface area contributed by atoms with Crippen molar-refractivity contribution in [2.24, 2.45) is 10.7 Å². The van der Waals surface area contributed by atoms with Crippen molar-refractivity contribution in [2.45, 2.75) is 50.5 Å². The van der Waals surface area contributed by atoms with E-state index in [1.807, 2.05) is 0 Å². The van der Waals surface area contributed by atoms with E-state index >= 15 is 0 Å². The van der Waals surface area contributed by atoms with Gasteiger partial charge < -0.3 is 16.2 Å². The maximum absolute atomic E-state index is 14.5. The number of rotatable bonds is 7. The Morgan fingerprint density at radius 1 is 1.19 bits per heavy atom. The number of carbonyl (C=O) groups is 2. The maximum atomic E-state index is 14.5. The number of nitrogens with one attached hydrogen (secondary N) is 1. The molecule has 1 amide bonds. The largest absolute Gasteiger partial charge is 0.478 e. The number of halogens is 1. The maximum Gasteiger partial charge on any atom is 0.336 e. The average Bonchev–Trinajstić information content (AvgIpc) is 3.52. The predicted octanol–water partition coefficient (Wildman–Crippen LogP) is 4.43. The molecule has 2 aromatic rings. The van der Waals surface area contributed by atoms with Gasteiger partial charge in [-0.2, -0.15) is 0 Å². The smallest absolute Gasteiger partial charge is 0.336 e. The van der Waals surface area contributed by atoms with Crippen LogP contribution in [0.5, 0.6) is 0 Å². The van der Waals surface area contributed by atoms with Crippen LogP contribution in [-0.4, -0.2) is 29.2 Å². The molecule has 166 valence electrons. The molecule has 7 heteroatoms. The number of benzene rings is 2. The molecule has 2 aliphatic carbocycles. The highest BCUT2D eigenvalue weighted by Crippen LogP contribution is 2.50. The SMILES string of the molecule is Cc1ccc(C2(C(=O)Nc3ccc(C(C=NC4CCC4)=CN)c(C(=O)O)c3)CC2)c(F)c1. The van der Waals surface area contributed by atoms with E-state index < -0.39 is 17.2 Å². The second-order valence-electron chi connectivity index (χ2n) is 8.57. The number of carboxylic acids is 1. The van der Waals surface area contributed by atoms with Gasteiger partial charge in [0.2, 0.25) is 5.91 Å². The highest BCUT2D eigenvalue weighted by Gasteiger charge is 2.52. The lowest BCUT2D eigenvalue weighted by molar-refractivity contribution is -0.118. The fraction of sp³-hybridized carbons (Fsp3) is 0.320. The van der Waals surface area contributed by atoms with E-state index in [2.05, 4.69) is 10.3 Å². The quantitative estimate of drug-likeness (QED) is 0.560. The van der Waals surface area contributed by atoms with Crippen LogP contribution in [0.4, 0.5) is 10.1 Å². The third kappa shape index (κ3) is 4.15. The van der Waals surface area contributed by atoms with Gasteiger partial charge in [0.25, 0.3) is 0 Å². The fourth-order valence-corrected chi connectivity index (χ4v) is 3.98. The molecule has 0 saturated heterocycles. The normalized spacial score (nSPS) is 17.8. The van der Waals surface area contributed by atoms with Crippen molar-refractivity contribution in [1.82, 2.24) is 0 Å². The average molecular weight is 435 g/mol. The lowest BCUT2D eigenvalue weighted by atomic mass is 9.93. The van der Waals surface area contributed by atoms with Gasteiger partial charge in [0, 0.05) is 35.3 Å². The van der Waals surface area contributed by atoms with Crippen molar-refractivity contribution in [2.75, 3.05) is 5.32 Å². The van der Waals surface area contributed by atoms with Gasteiger partial charge >= 0.3 is 5.97 Å². The molecule has 32 heavy (non-hydrogen) atoms. The number of aliphatic imine (C=N–C) groups is 1. The van der Waals surface area contributed by atoms with Crippen molar-refractivity contribution >= 4 is 29.4 Å². The molecule has 6 nitrogen and oxygen atoms in total. The summed E-state index contributed by atoms with van der Waals surface area (Å²) in [5, 5.41) is 12.5. The predicted molar refractivity (Wildman–Crippen MR) is 122 cm³/mol. The first kappa shape index (κ1) is 21.7. The molecule has 2 saturated carbocycles. The summed E-state index contributed by atoms with van der Waals surface area (Å²) in [5.74, 6) is -1.88. The van der Waals surface area contributed by atoms with E-state index in [9.17, 15) is 19.1 Å². The van der Waals surface area contributed by atoms with Crippen molar-refractivity contribution < 1.29 is 19.1 Å². The van der Waals surface area contributed by atoms with Crippen molar-refractivity contribution in [1.29, 1.82) is 0 Å². The standard InChI is InChI=1S/C25H26FN3O3/c1-15-5-8-21(22(26)11-15)25(9-10-25)24(32)29-18-6-7-19(20(12-18)23(30)31)16(13-27)14-28-17-3-2-4-17/h5-8,11-14,17H,2-4,9-10,27H2,1H3,(H,29,32)(H,30,31). The first-order valence-corrected chi connectivity index (χ1v) is 10.7. The van der Waals surface area contributed by atoms with Gasteiger partial charge in [0.1, 0.15) is 5.82 Å². The Morgan fingerprint density at radius 2 is 1.94 bits per heavy atom. The molecule has 0 aromatic heterocycles. The highest BCUT2D eigenvalue weighted by molar-refractivity contribution is 6.13. The summed E-state index contributed by atoms with van der Waals surface area (Å²) < 4.78 is 14.5. The summed E-state index contributed by atoms with van der Waals surface area (Å²) in [7, 11) is 0. The number of carboxylic acid groups (broad SMARTS) is 1. The summed E-state index contributed by atoms with van der Waals surface area (Å²) in [6, 6.07) is 9.76. The van der Waals surface area contributed by atoms with E-state index in [0.29, 0.717) is 35.2 Å². The van der Waals surface area contributed by atoms with Crippen molar-refractivity contribution in [3.05, 3.63) is 70.7 Å².